The molecular weight excluding hydrogens is 359 g/mol. The van der Waals surface area contributed by atoms with Gasteiger partial charge in [0.1, 0.15) is 11.6 Å². The lowest BCUT2D eigenvalue weighted by atomic mass is 10.1. The molecule has 23 heavy (non-hydrogen) atoms. The molecule has 0 aromatic heterocycles. The molecule has 0 aliphatic heterocycles. The van der Waals surface area contributed by atoms with Crippen LogP contribution >= 0.6 is 15.9 Å². The van der Waals surface area contributed by atoms with Crippen molar-refractivity contribution >= 4 is 21.6 Å². The monoisotopic (exact) mass is 376 g/mol. The van der Waals surface area contributed by atoms with Gasteiger partial charge in [-0.05, 0) is 59.1 Å². The molecule has 0 bridgehead atoms. The zero-order valence-electron chi connectivity index (χ0n) is 12.9. The van der Waals surface area contributed by atoms with Crippen molar-refractivity contribution in [1.29, 1.82) is 5.26 Å². The van der Waals surface area contributed by atoms with E-state index in [1.165, 1.54) is 6.07 Å². The van der Waals surface area contributed by atoms with Crippen LogP contribution < -0.4 is 10.1 Å². The van der Waals surface area contributed by atoms with E-state index in [1.807, 2.05) is 31.2 Å². The summed E-state index contributed by atoms with van der Waals surface area (Å²) in [5.74, 6) is 0.495. The van der Waals surface area contributed by atoms with Crippen LogP contribution in [0.1, 0.15) is 31.4 Å². The summed E-state index contributed by atoms with van der Waals surface area (Å²) >= 11 is 3.21. The minimum atomic E-state index is -0.270. The van der Waals surface area contributed by atoms with Gasteiger partial charge < -0.3 is 10.1 Å². The molecule has 2 aromatic rings. The lowest BCUT2D eigenvalue weighted by Crippen LogP contribution is -2.07. The van der Waals surface area contributed by atoms with Crippen molar-refractivity contribution in [2.24, 2.45) is 0 Å². The minimum absolute atomic E-state index is 0.0285. The van der Waals surface area contributed by atoms with E-state index in [-0.39, 0.29) is 11.9 Å². The van der Waals surface area contributed by atoms with Crippen molar-refractivity contribution < 1.29 is 9.13 Å². The number of nitrogens with zero attached hydrogens (tertiary/aromatic N) is 1. The molecule has 0 heterocycles. The highest BCUT2D eigenvalue weighted by Crippen LogP contribution is 2.25. The van der Waals surface area contributed by atoms with Gasteiger partial charge in [0.05, 0.1) is 17.1 Å². The van der Waals surface area contributed by atoms with Gasteiger partial charge in [-0.15, -0.1) is 0 Å². The number of hydrogen-bond donors (Lipinski definition) is 1. The maximum Gasteiger partial charge on any atom is 0.137 e. The topological polar surface area (TPSA) is 45.0 Å². The first-order chi connectivity index (χ1) is 11.1. The summed E-state index contributed by atoms with van der Waals surface area (Å²) < 4.78 is 19.4. The fraction of sp³-hybridized carbons (Fsp3) is 0.278. The van der Waals surface area contributed by atoms with Crippen molar-refractivity contribution in [2.45, 2.75) is 25.8 Å². The number of rotatable bonds is 7. The summed E-state index contributed by atoms with van der Waals surface area (Å²) in [4.78, 5) is 0. The average Bonchev–Trinajstić information content (AvgIpc) is 2.54. The van der Waals surface area contributed by atoms with E-state index in [0.717, 1.165) is 17.0 Å². The van der Waals surface area contributed by atoms with Gasteiger partial charge in [-0.1, -0.05) is 12.1 Å². The van der Waals surface area contributed by atoms with Crippen LogP contribution in [0.5, 0.6) is 5.75 Å². The number of nitriles is 1. The first-order valence-electron chi connectivity index (χ1n) is 7.41. The van der Waals surface area contributed by atoms with E-state index < -0.39 is 0 Å². The third-order valence-corrected chi connectivity index (χ3v) is 3.97. The Morgan fingerprint density at radius 1 is 1.30 bits per heavy atom. The van der Waals surface area contributed by atoms with Crippen LogP contribution in [0, 0.1) is 17.1 Å². The normalized spacial score (nSPS) is 11.6. The van der Waals surface area contributed by atoms with Gasteiger partial charge in [-0.25, -0.2) is 4.39 Å². The van der Waals surface area contributed by atoms with Gasteiger partial charge in [0.15, 0.2) is 0 Å². The second-order valence-corrected chi connectivity index (χ2v) is 6.03. The van der Waals surface area contributed by atoms with E-state index in [9.17, 15) is 4.39 Å². The van der Waals surface area contributed by atoms with E-state index in [0.29, 0.717) is 23.9 Å². The highest BCUT2D eigenvalue weighted by molar-refractivity contribution is 9.10. The molecule has 1 unspecified atom stereocenters. The van der Waals surface area contributed by atoms with Gasteiger partial charge in [-0.2, -0.15) is 5.26 Å². The summed E-state index contributed by atoms with van der Waals surface area (Å²) in [6.45, 7) is 2.54. The lowest BCUT2D eigenvalue weighted by molar-refractivity contribution is 0.313. The number of unbranched alkanes of at least 4 members (excludes halogenated alkanes) is 1. The third-order valence-electron chi connectivity index (χ3n) is 3.36. The summed E-state index contributed by atoms with van der Waals surface area (Å²) in [7, 11) is 0. The molecule has 0 radical (unpaired) electrons. The number of halogens is 2. The second kappa shape index (κ2) is 8.54. The molecule has 0 amide bonds. The Hall–Kier alpha value is -2.06. The molecule has 3 nitrogen and oxygen atoms in total. The van der Waals surface area contributed by atoms with Crippen LogP contribution in [-0.2, 0) is 0 Å². The van der Waals surface area contributed by atoms with Crippen LogP contribution in [0.15, 0.2) is 46.9 Å². The quantitative estimate of drug-likeness (QED) is 0.653. The molecule has 1 N–H and O–H groups in total. The van der Waals surface area contributed by atoms with E-state index in [2.05, 4.69) is 27.3 Å². The Balaban J connectivity index is 1.99. The molecule has 2 rings (SSSR count). The lowest BCUT2D eigenvalue weighted by Gasteiger charge is -2.17. The predicted octanol–water partition coefficient (Wildman–Crippen LogP) is 5.44. The van der Waals surface area contributed by atoms with Gasteiger partial charge in [0.2, 0.25) is 0 Å². The van der Waals surface area contributed by atoms with Crippen LogP contribution in [0.25, 0.3) is 0 Å². The first kappa shape index (κ1) is 17.3. The third kappa shape index (κ3) is 5.26. The van der Waals surface area contributed by atoms with Gasteiger partial charge >= 0.3 is 0 Å². The fourth-order valence-corrected chi connectivity index (χ4v) is 2.53. The Labute approximate surface area is 144 Å². The number of hydrogen-bond acceptors (Lipinski definition) is 3. The standard InChI is InChI=1S/C18H18BrFN2O/c1-13(14-7-8-18(20)17(19)11-14)22-15-5-4-6-16(12-15)23-10-3-2-9-21/h4-8,11-13,22H,2-3,10H2,1H3. The van der Waals surface area contributed by atoms with Crippen LogP contribution in [0.2, 0.25) is 0 Å². The molecule has 120 valence electrons. The van der Waals surface area contributed by atoms with Crippen LogP contribution in [0.4, 0.5) is 10.1 Å². The summed E-state index contributed by atoms with van der Waals surface area (Å²) in [6.07, 6.45) is 1.21. The molecule has 0 saturated heterocycles. The van der Waals surface area contributed by atoms with Crippen molar-refractivity contribution in [3.05, 3.63) is 58.3 Å². The van der Waals surface area contributed by atoms with Gasteiger partial charge in [0, 0.05) is 24.2 Å². The molecule has 1 atom stereocenters. The number of anilines is 1. The Morgan fingerprint density at radius 3 is 2.87 bits per heavy atom. The summed E-state index contributed by atoms with van der Waals surface area (Å²) in [5.41, 5.74) is 1.91. The molecule has 2 aromatic carbocycles. The largest absolute Gasteiger partial charge is 0.493 e. The van der Waals surface area contributed by atoms with E-state index >= 15 is 0 Å². The Kier molecular flexibility index (Phi) is 6.42. The Bertz CT molecular complexity index is 700. The minimum Gasteiger partial charge on any atom is -0.493 e. The predicted molar refractivity (Wildman–Crippen MR) is 92.9 cm³/mol. The second-order valence-electron chi connectivity index (χ2n) is 5.18. The van der Waals surface area contributed by atoms with Gasteiger partial charge in [0.25, 0.3) is 0 Å². The van der Waals surface area contributed by atoms with Crippen LogP contribution in [-0.4, -0.2) is 6.61 Å². The number of ether oxygens (including phenoxy) is 1. The fourth-order valence-electron chi connectivity index (χ4n) is 2.13. The van der Waals surface area contributed by atoms with E-state index in [4.69, 9.17) is 10.00 Å². The van der Waals surface area contributed by atoms with Crippen molar-refractivity contribution in [2.75, 3.05) is 11.9 Å². The summed E-state index contributed by atoms with van der Waals surface area (Å²) in [5, 5.41) is 11.9. The van der Waals surface area contributed by atoms with Crippen molar-refractivity contribution in [1.82, 2.24) is 0 Å². The number of benzene rings is 2. The van der Waals surface area contributed by atoms with Crippen molar-refractivity contribution in [3.63, 3.8) is 0 Å². The molecule has 0 saturated carbocycles. The Morgan fingerprint density at radius 2 is 2.13 bits per heavy atom. The first-order valence-corrected chi connectivity index (χ1v) is 8.21. The molecule has 0 aliphatic carbocycles. The average molecular weight is 377 g/mol. The maximum atomic E-state index is 13.3. The number of nitrogens with one attached hydrogen (secondary N) is 1. The smallest absolute Gasteiger partial charge is 0.137 e. The van der Waals surface area contributed by atoms with Crippen LogP contribution in [0.3, 0.4) is 0 Å². The highest BCUT2D eigenvalue weighted by atomic mass is 79.9. The summed E-state index contributed by atoms with van der Waals surface area (Å²) in [6, 6.07) is 14.8. The zero-order chi connectivity index (χ0) is 16.7. The SMILES string of the molecule is CC(Nc1cccc(OCCCC#N)c1)c1ccc(F)c(Br)c1. The molecule has 0 aliphatic rings. The highest BCUT2D eigenvalue weighted by Gasteiger charge is 2.08. The zero-order valence-corrected chi connectivity index (χ0v) is 14.4. The van der Waals surface area contributed by atoms with Gasteiger partial charge in [-0.3, -0.25) is 0 Å². The van der Waals surface area contributed by atoms with Crippen molar-refractivity contribution in [3.8, 4) is 11.8 Å². The molecular formula is C18H18BrFN2O. The van der Waals surface area contributed by atoms with E-state index in [1.54, 1.807) is 12.1 Å². The molecule has 0 fully saturated rings. The maximum absolute atomic E-state index is 13.3. The molecule has 5 heteroatoms. The molecule has 0 spiro atoms.